The number of hydrogen-bond donors (Lipinski definition) is 2. The quantitative estimate of drug-likeness (QED) is 0.773. The van der Waals surface area contributed by atoms with Gasteiger partial charge in [0, 0.05) is 6.04 Å². The summed E-state index contributed by atoms with van der Waals surface area (Å²) in [5, 5.41) is 12.2. The highest BCUT2D eigenvalue weighted by atomic mass is 16.3. The number of aliphatic hydroxyl groups excluding tert-OH is 1. The van der Waals surface area contributed by atoms with E-state index in [0.717, 1.165) is 12.0 Å². The lowest BCUT2D eigenvalue weighted by atomic mass is 10.0. The van der Waals surface area contributed by atoms with E-state index in [2.05, 4.69) is 5.32 Å². The lowest BCUT2D eigenvalue weighted by Crippen LogP contribution is -2.36. The lowest BCUT2D eigenvalue weighted by molar-refractivity contribution is -0.120. The van der Waals surface area contributed by atoms with E-state index >= 15 is 0 Å². The molecule has 1 amide bonds. The van der Waals surface area contributed by atoms with Crippen molar-refractivity contribution in [3.8, 4) is 0 Å². The Balaban J connectivity index is 1.84. The molecule has 0 fully saturated rings. The Hall–Kier alpha value is -1.61. The monoisotopic (exact) mass is 231 g/mol. The van der Waals surface area contributed by atoms with E-state index in [9.17, 15) is 9.90 Å². The fraction of sp³-hybridized carbons (Fsp3) is 0.357. The third-order valence-electron chi connectivity index (χ3n) is 2.89. The first-order chi connectivity index (χ1) is 8.24. The van der Waals surface area contributed by atoms with Crippen molar-refractivity contribution in [3.63, 3.8) is 0 Å². The summed E-state index contributed by atoms with van der Waals surface area (Å²) >= 11 is 0. The van der Waals surface area contributed by atoms with E-state index in [1.807, 2.05) is 36.4 Å². The van der Waals surface area contributed by atoms with Crippen LogP contribution < -0.4 is 5.32 Å². The van der Waals surface area contributed by atoms with Gasteiger partial charge in [0.05, 0.1) is 12.5 Å². The Morgan fingerprint density at radius 2 is 2.00 bits per heavy atom. The largest absolute Gasteiger partial charge is 0.389 e. The van der Waals surface area contributed by atoms with E-state index in [1.54, 1.807) is 6.08 Å². The zero-order valence-corrected chi connectivity index (χ0v) is 9.67. The van der Waals surface area contributed by atoms with Crippen LogP contribution in [0.2, 0.25) is 0 Å². The molecular weight excluding hydrogens is 214 g/mol. The maximum absolute atomic E-state index is 11.8. The van der Waals surface area contributed by atoms with Crippen LogP contribution in [0.1, 0.15) is 18.4 Å². The third kappa shape index (κ3) is 3.71. The predicted molar refractivity (Wildman–Crippen MR) is 66.5 cm³/mol. The highest BCUT2D eigenvalue weighted by Gasteiger charge is 2.15. The molecule has 0 saturated carbocycles. The van der Waals surface area contributed by atoms with Crippen LogP contribution in [-0.4, -0.2) is 23.2 Å². The topological polar surface area (TPSA) is 49.3 Å². The Morgan fingerprint density at radius 1 is 1.24 bits per heavy atom. The van der Waals surface area contributed by atoms with Crippen LogP contribution in [0, 0.1) is 0 Å². The Labute approximate surface area is 101 Å². The fourth-order valence-corrected chi connectivity index (χ4v) is 1.96. The summed E-state index contributed by atoms with van der Waals surface area (Å²) in [6, 6.07) is 9.75. The van der Waals surface area contributed by atoms with Crippen LogP contribution in [-0.2, 0) is 11.2 Å². The van der Waals surface area contributed by atoms with E-state index in [1.165, 1.54) is 0 Å². The van der Waals surface area contributed by atoms with Crippen LogP contribution >= 0.6 is 0 Å². The molecule has 0 bridgehead atoms. The minimum Gasteiger partial charge on any atom is -0.389 e. The van der Waals surface area contributed by atoms with Crippen LogP contribution in [0.15, 0.2) is 42.5 Å². The second-order valence-electron chi connectivity index (χ2n) is 4.37. The number of carbonyl (C=O) groups is 1. The number of hydrogen-bond acceptors (Lipinski definition) is 2. The van der Waals surface area contributed by atoms with Gasteiger partial charge in [-0.3, -0.25) is 4.79 Å². The van der Waals surface area contributed by atoms with Crippen LogP contribution in [0.25, 0.3) is 0 Å². The van der Waals surface area contributed by atoms with Gasteiger partial charge in [0.2, 0.25) is 5.91 Å². The summed E-state index contributed by atoms with van der Waals surface area (Å²) < 4.78 is 0. The van der Waals surface area contributed by atoms with Gasteiger partial charge in [-0.2, -0.15) is 0 Å². The normalized spacial score (nSPS) is 23.4. The molecule has 0 aliphatic heterocycles. The van der Waals surface area contributed by atoms with Gasteiger partial charge in [-0.15, -0.1) is 0 Å². The van der Waals surface area contributed by atoms with Gasteiger partial charge in [0.15, 0.2) is 0 Å². The Morgan fingerprint density at radius 3 is 2.65 bits per heavy atom. The van der Waals surface area contributed by atoms with Crippen molar-refractivity contribution in [1.29, 1.82) is 0 Å². The van der Waals surface area contributed by atoms with E-state index in [4.69, 9.17) is 0 Å². The second-order valence-corrected chi connectivity index (χ2v) is 4.37. The van der Waals surface area contributed by atoms with Crippen molar-refractivity contribution < 1.29 is 9.90 Å². The van der Waals surface area contributed by atoms with Gasteiger partial charge >= 0.3 is 0 Å². The summed E-state index contributed by atoms with van der Waals surface area (Å²) in [5.74, 6) is 0.0299. The molecule has 1 aliphatic rings. The van der Waals surface area contributed by atoms with Gasteiger partial charge in [0.1, 0.15) is 0 Å². The first-order valence-corrected chi connectivity index (χ1v) is 5.94. The highest BCUT2D eigenvalue weighted by Crippen LogP contribution is 2.11. The minimum absolute atomic E-state index is 0.0299. The molecule has 3 nitrogen and oxygen atoms in total. The zero-order chi connectivity index (χ0) is 12.1. The molecule has 0 aromatic heterocycles. The van der Waals surface area contributed by atoms with E-state index in [0.29, 0.717) is 12.8 Å². The third-order valence-corrected chi connectivity index (χ3v) is 2.89. The average molecular weight is 231 g/mol. The molecule has 2 rings (SSSR count). The highest BCUT2D eigenvalue weighted by molar-refractivity contribution is 5.79. The Kier molecular flexibility index (Phi) is 3.94. The molecule has 0 heterocycles. The molecule has 1 aromatic rings. The Bertz CT molecular complexity index is 400. The minimum atomic E-state index is -0.350. The van der Waals surface area contributed by atoms with Crippen LogP contribution in [0.4, 0.5) is 0 Å². The summed E-state index contributed by atoms with van der Waals surface area (Å²) in [6.45, 7) is 0. The number of rotatable bonds is 3. The number of benzene rings is 1. The van der Waals surface area contributed by atoms with Crippen molar-refractivity contribution in [3.05, 3.63) is 48.0 Å². The standard InChI is InChI=1S/C14H17NO2/c16-13-8-6-12(7-9-13)15-14(17)10-11-4-2-1-3-5-11/h1-6,8,12-13,16H,7,9-10H2,(H,15,17)/t12-,13+/m0/s1. The number of amides is 1. The fourth-order valence-electron chi connectivity index (χ4n) is 1.96. The van der Waals surface area contributed by atoms with E-state index in [-0.39, 0.29) is 18.1 Å². The molecule has 3 heteroatoms. The summed E-state index contributed by atoms with van der Waals surface area (Å²) in [7, 11) is 0. The number of nitrogens with one attached hydrogen (secondary N) is 1. The zero-order valence-electron chi connectivity index (χ0n) is 9.67. The molecule has 17 heavy (non-hydrogen) atoms. The van der Waals surface area contributed by atoms with Crippen molar-refractivity contribution in [1.82, 2.24) is 5.32 Å². The smallest absolute Gasteiger partial charge is 0.224 e. The molecule has 2 N–H and O–H groups in total. The molecule has 0 unspecified atom stereocenters. The van der Waals surface area contributed by atoms with Crippen LogP contribution in [0.3, 0.4) is 0 Å². The molecule has 0 saturated heterocycles. The summed E-state index contributed by atoms with van der Waals surface area (Å²) in [4.78, 5) is 11.8. The van der Waals surface area contributed by atoms with Crippen molar-refractivity contribution in [2.24, 2.45) is 0 Å². The first-order valence-electron chi connectivity index (χ1n) is 5.94. The van der Waals surface area contributed by atoms with E-state index < -0.39 is 0 Å². The average Bonchev–Trinajstić information content (AvgIpc) is 2.33. The molecule has 90 valence electrons. The maximum atomic E-state index is 11.8. The first kappa shape index (κ1) is 11.9. The van der Waals surface area contributed by atoms with Gasteiger partial charge in [0.25, 0.3) is 0 Å². The second kappa shape index (κ2) is 5.64. The van der Waals surface area contributed by atoms with Crippen molar-refractivity contribution in [2.45, 2.75) is 31.4 Å². The molecule has 0 radical (unpaired) electrons. The number of aliphatic hydroxyl groups is 1. The number of carbonyl (C=O) groups excluding carboxylic acids is 1. The van der Waals surface area contributed by atoms with Gasteiger partial charge in [-0.05, 0) is 18.4 Å². The van der Waals surface area contributed by atoms with Gasteiger partial charge in [-0.25, -0.2) is 0 Å². The predicted octanol–water partition coefficient (Wildman–Crippen LogP) is 1.42. The summed E-state index contributed by atoms with van der Waals surface area (Å²) in [6.07, 6.45) is 5.20. The molecule has 1 aliphatic carbocycles. The maximum Gasteiger partial charge on any atom is 0.224 e. The van der Waals surface area contributed by atoms with Crippen molar-refractivity contribution >= 4 is 5.91 Å². The van der Waals surface area contributed by atoms with Gasteiger partial charge in [-0.1, -0.05) is 42.5 Å². The SMILES string of the molecule is O=C(Cc1ccccc1)N[C@H]1C=C[C@@H](O)CC1. The molecule has 2 atom stereocenters. The van der Waals surface area contributed by atoms with Crippen molar-refractivity contribution in [2.75, 3.05) is 0 Å². The summed E-state index contributed by atoms with van der Waals surface area (Å²) in [5.41, 5.74) is 1.02. The molecule has 1 aromatic carbocycles. The van der Waals surface area contributed by atoms with Crippen LogP contribution in [0.5, 0.6) is 0 Å². The van der Waals surface area contributed by atoms with Gasteiger partial charge < -0.3 is 10.4 Å². The molecule has 0 spiro atoms. The molecular formula is C14H17NO2. The lowest BCUT2D eigenvalue weighted by Gasteiger charge is -2.20.